The summed E-state index contributed by atoms with van der Waals surface area (Å²) in [7, 11) is 0. The van der Waals surface area contributed by atoms with Crippen LogP contribution < -0.4 is 14.5 Å². The summed E-state index contributed by atoms with van der Waals surface area (Å²) in [4.78, 5) is 16.4. The van der Waals surface area contributed by atoms with Gasteiger partial charge in [0.1, 0.15) is 29.8 Å². The maximum Gasteiger partial charge on any atom is 0.134 e. The van der Waals surface area contributed by atoms with Gasteiger partial charge in [-0.15, -0.1) is 0 Å². The molecule has 0 bridgehead atoms. The van der Waals surface area contributed by atoms with Crippen LogP contribution in [0, 0.1) is 6.92 Å². The van der Waals surface area contributed by atoms with E-state index in [9.17, 15) is 0 Å². The van der Waals surface area contributed by atoms with E-state index in [1.54, 1.807) is 0 Å². The highest BCUT2D eigenvalue weighted by atomic mass is 16.5. The average Bonchev–Trinajstić information content (AvgIpc) is 2.75. The van der Waals surface area contributed by atoms with E-state index in [0.717, 1.165) is 88.8 Å². The number of hydrogen-bond donors (Lipinski definition) is 0. The summed E-state index contributed by atoms with van der Waals surface area (Å²) in [5.74, 6) is 3.82. The van der Waals surface area contributed by atoms with Crippen molar-refractivity contribution in [2.45, 2.75) is 6.92 Å². The van der Waals surface area contributed by atoms with E-state index in [1.807, 2.05) is 37.3 Å². The fraction of sp³-hybridized carbons (Fsp3) is 0.524. The number of morpholine rings is 1. The zero-order valence-corrected chi connectivity index (χ0v) is 16.6. The third-order valence-electron chi connectivity index (χ3n) is 5.26. The highest BCUT2D eigenvalue weighted by Crippen LogP contribution is 2.21. The van der Waals surface area contributed by atoms with Gasteiger partial charge in [-0.05, 0) is 19.1 Å². The molecule has 2 aliphatic heterocycles. The van der Waals surface area contributed by atoms with Crippen molar-refractivity contribution in [2.24, 2.45) is 0 Å². The van der Waals surface area contributed by atoms with Crippen LogP contribution in [-0.2, 0) is 4.74 Å². The van der Waals surface area contributed by atoms with Crippen molar-refractivity contribution in [3.8, 4) is 5.75 Å². The molecule has 2 aromatic rings. The number of rotatable bonds is 6. The van der Waals surface area contributed by atoms with E-state index in [1.165, 1.54) is 0 Å². The normalized spacial score (nSPS) is 18.3. The van der Waals surface area contributed by atoms with Gasteiger partial charge in [-0.2, -0.15) is 0 Å². The first kappa shape index (κ1) is 19.0. The van der Waals surface area contributed by atoms with Crippen molar-refractivity contribution < 1.29 is 9.47 Å². The SMILES string of the molecule is Cc1nc(N2CCOCC2)cc(N2CCN(CCOc3ccccc3)CC2)n1. The Kier molecular flexibility index (Phi) is 6.24. The Balaban J connectivity index is 1.29. The maximum absolute atomic E-state index is 5.83. The molecule has 28 heavy (non-hydrogen) atoms. The molecule has 2 aliphatic rings. The first-order chi connectivity index (χ1) is 13.8. The summed E-state index contributed by atoms with van der Waals surface area (Å²) in [6, 6.07) is 12.1. The third-order valence-corrected chi connectivity index (χ3v) is 5.26. The Bertz CT molecular complexity index is 744. The number of piperazine rings is 1. The third kappa shape index (κ3) is 4.91. The minimum atomic E-state index is 0.720. The van der Waals surface area contributed by atoms with Crippen LogP contribution in [0.5, 0.6) is 5.75 Å². The lowest BCUT2D eigenvalue weighted by Gasteiger charge is -2.36. The molecule has 1 aromatic carbocycles. The summed E-state index contributed by atoms with van der Waals surface area (Å²) in [5.41, 5.74) is 0. The van der Waals surface area contributed by atoms with Gasteiger partial charge in [0.15, 0.2) is 0 Å². The second-order valence-corrected chi connectivity index (χ2v) is 7.22. The van der Waals surface area contributed by atoms with Crippen molar-refractivity contribution in [3.05, 3.63) is 42.2 Å². The van der Waals surface area contributed by atoms with Crippen molar-refractivity contribution in [1.82, 2.24) is 14.9 Å². The second kappa shape index (κ2) is 9.21. The van der Waals surface area contributed by atoms with Crippen LogP contribution in [0.2, 0.25) is 0 Å². The molecule has 1 aromatic heterocycles. The molecule has 3 heterocycles. The molecule has 0 atom stereocenters. The van der Waals surface area contributed by atoms with Crippen molar-refractivity contribution >= 4 is 11.6 Å². The standard InChI is InChI=1S/C21H29N5O2/c1-18-22-20(17-21(23-18)26-12-14-27-15-13-26)25-9-7-24(8-10-25)11-16-28-19-5-3-2-4-6-19/h2-6,17H,7-16H2,1H3. The number of nitrogens with zero attached hydrogens (tertiary/aromatic N) is 5. The zero-order chi connectivity index (χ0) is 19.2. The number of ether oxygens (including phenoxy) is 2. The largest absolute Gasteiger partial charge is 0.492 e. The van der Waals surface area contributed by atoms with Gasteiger partial charge in [-0.25, -0.2) is 9.97 Å². The number of aromatic nitrogens is 2. The number of para-hydroxylation sites is 1. The number of hydrogen-bond acceptors (Lipinski definition) is 7. The number of benzene rings is 1. The minimum absolute atomic E-state index is 0.720. The van der Waals surface area contributed by atoms with Gasteiger partial charge in [0, 0.05) is 51.9 Å². The quantitative estimate of drug-likeness (QED) is 0.754. The monoisotopic (exact) mass is 383 g/mol. The van der Waals surface area contributed by atoms with Crippen LogP contribution in [0.1, 0.15) is 5.82 Å². The molecule has 150 valence electrons. The molecule has 0 N–H and O–H groups in total. The van der Waals surface area contributed by atoms with Gasteiger partial charge in [0.05, 0.1) is 13.2 Å². The van der Waals surface area contributed by atoms with E-state index in [-0.39, 0.29) is 0 Å². The van der Waals surface area contributed by atoms with Crippen LogP contribution >= 0.6 is 0 Å². The van der Waals surface area contributed by atoms with E-state index < -0.39 is 0 Å². The van der Waals surface area contributed by atoms with Gasteiger partial charge in [0.25, 0.3) is 0 Å². The maximum atomic E-state index is 5.83. The predicted molar refractivity (Wildman–Crippen MR) is 110 cm³/mol. The van der Waals surface area contributed by atoms with Gasteiger partial charge >= 0.3 is 0 Å². The molecule has 0 amide bonds. The van der Waals surface area contributed by atoms with Gasteiger partial charge < -0.3 is 19.3 Å². The Morgan fingerprint density at radius 1 is 0.893 bits per heavy atom. The molecule has 7 heteroatoms. The molecule has 0 saturated carbocycles. The molecule has 2 saturated heterocycles. The average molecular weight is 383 g/mol. The summed E-state index contributed by atoms with van der Waals surface area (Å²) in [6.07, 6.45) is 0. The highest BCUT2D eigenvalue weighted by Gasteiger charge is 2.20. The molecule has 0 unspecified atom stereocenters. The Morgan fingerprint density at radius 2 is 1.54 bits per heavy atom. The molecule has 4 rings (SSSR count). The predicted octanol–water partition coefficient (Wildman–Crippen LogP) is 1.82. The molecule has 0 aliphatic carbocycles. The van der Waals surface area contributed by atoms with E-state index in [0.29, 0.717) is 0 Å². The molecule has 0 spiro atoms. The zero-order valence-electron chi connectivity index (χ0n) is 16.6. The molecular formula is C21H29N5O2. The lowest BCUT2D eigenvalue weighted by Crippen LogP contribution is -2.48. The van der Waals surface area contributed by atoms with Gasteiger partial charge in [-0.3, -0.25) is 4.90 Å². The summed E-state index contributed by atoms with van der Waals surface area (Å²) in [5, 5.41) is 0. The highest BCUT2D eigenvalue weighted by molar-refractivity contribution is 5.51. The van der Waals surface area contributed by atoms with Crippen molar-refractivity contribution in [3.63, 3.8) is 0 Å². The summed E-state index contributed by atoms with van der Waals surface area (Å²) < 4.78 is 11.3. The van der Waals surface area contributed by atoms with Gasteiger partial charge in [-0.1, -0.05) is 18.2 Å². The van der Waals surface area contributed by atoms with Crippen molar-refractivity contribution in [1.29, 1.82) is 0 Å². The number of aryl methyl sites for hydroxylation is 1. The number of anilines is 2. The van der Waals surface area contributed by atoms with Gasteiger partial charge in [0.2, 0.25) is 0 Å². The summed E-state index contributed by atoms with van der Waals surface area (Å²) >= 11 is 0. The van der Waals surface area contributed by atoms with E-state index in [4.69, 9.17) is 14.5 Å². The van der Waals surface area contributed by atoms with Crippen LogP contribution in [0.3, 0.4) is 0 Å². The second-order valence-electron chi connectivity index (χ2n) is 7.22. The molecule has 2 fully saturated rings. The Labute approximate surface area is 166 Å². The first-order valence-electron chi connectivity index (χ1n) is 10.1. The van der Waals surface area contributed by atoms with Crippen LogP contribution in [0.4, 0.5) is 11.6 Å². The summed E-state index contributed by atoms with van der Waals surface area (Å²) in [6.45, 7) is 11.0. The van der Waals surface area contributed by atoms with E-state index >= 15 is 0 Å². The molecular weight excluding hydrogens is 354 g/mol. The molecule has 0 radical (unpaired) electrons. The topological polar surface area (TPSA) is 54.0 Å². The lowest BCUT2D eigenvalue weighted by molar-refractivity contribution is 0.122. The Morgan fingerprint density at radius 3 is 2.21 bits per heavy atom. The van der Waals surface area contributed by atoms with Crippen LogP contribution in [0.15, 0.2) is 36.4 Å². The fourth-order valence-corrected chi connectivity index (χ4v) is 3.66. The van der Waals surface area contributed by atoms with Crippen LogP contribution in [-0.4, -0.2) is 80.5 Å². The van der Waals surface area contributed by atoms with Crippen LogP contribution in [0.25, 0.3) is 0 Å². The Hall–Kier alpha value is -2.38. The molecule has 7 nitrogen and oxygen atoms in total. The van der Waals surface area contributed by atoms with Crippen molar-refractivity contribution in [2.75, 3.05) is 75.4 Å². The lowest BCUT2D eigenvalue weighted by atomic mass is 10.3. The fourth-order valence-electron chi connectivity index (χ4n) is 3.66. The minimum Gasteiger partial charge on any atom is -0.492 e. The smallest absolute Gasteiger partial charge is 0.134 e. The van der Waals surface area contributed by atoms with E-state index in [2.05, 4.69) is 25.8 Å². The first-order valence-corrected chi connectivity index (χ1v) is 10.1.